The van der Waals surface area contributed by atoms with Crippen molar-refractivity contribution >= 4 is 0 Å². The monoisotopic (exact) mass is 215 g/mol. The Hall–Kier alpha value is -0.0800. The third-order valence-electron chi connectivity index (χ3n) is 2.58. The number of rotatable bonds is 10. The van der Waals surface area contributed by atoms with Gasteiger partial charge >= 0.3 is 0 Å². The highest BCUT2D eigenvalue weighted by Gasteiger charge is 1.99. The smallest absolute Gasteiger partial charge is 0.0491 e. The number of hydrogen-bond acceptors (Lipinski definition) is 2. The fourth-order valence-electron chi connectivity index (χ4n) is 1.67. The summed E-state index contributed by atoms with van der Waals surface area (Å²) < 4.78 is 5.64. The van der Waals surface area contributed by atoms with Gasteiger partial charge in [-0.15, -0.1) is 0 Å². The van der Waals surface area contributed by atoms with Crippen molar-refractivity contribution in [1.82, 2.24) is 4.90 Å². The second-order valence-corrected chi connectivity index (χ2v) is 4.83. The lowest BCUT2D eigenvalue weighted by Crippen LogP contribution is -2.13. The number of unbranched alkanes of at least 4 members (excludes halogenated alkanes) is 2. The normalized spacial score (nSPS) is 13.4. The topological polar surface area (TPSA) is 12.5 Å². The highest BCUT2D eigenvalue weighted by Crippen LogP contribution is 2.05. The van der Waals surface area contributed by atoms with Crippen LogP contribution in [0, 0.1) is 5.92 Å². The van der Waals surface area contributed by atoms with E-state index in [1.54, 1.807) is 0 Å². The Morgan fingerprint density at radius 3 is 2.47 bits per heavy atom. The zero-order valence-corrected chi connectivity index (χ0v) is 11.1. The summed E-state index contributed by atoms with van der Waals surface area (Å²) in [5.74, 6) is 0.733. The third kappa shape index (κ3) is 11.8. The van der Waals surface area contributed by atoms with Crippen LogP contribution in [0.4, 0.5) is 0 Å². The first kappa shape index (κ1) is 14.9. The Morgan fingerprint density at radius 2 is 1.87 bits per heavy atom. The fraction of sp³-hybridized carbons (Fsp3) is 1.00. The lowest BCUT2D eigenvalue weighted by molar-refractivity contribution is 0.0980. The van der Waals surface area contributed by atoms with Crippen molar-refractivity contribution in [2.75, 3.05) is 33.9 Å². The summed E-state index contributed by atoms with van der Waals surface area (Å²) in [4.78, 5) is 2.24. The van der Waals surface area contributed by atoms with E-state index >= 15 is 0 Å². The molecule has 2 nitrogen and oxygen atoms in total. The molecule has 15 heavy (non-hydrogen) atoms. The highest BCUT2D eigenvalue weighted by molar-refractivity contribution is 4.50. The largest absolute Gasteiger partial charge is 0.381 e. The van der Waals surface area contributed by atoms with Gasteiger partial charge in [0.1, 0.15) is 0 Å². The van der Waals surface area contributed by atoms with E-state index < -0.39 is 0 Å². The van der Waals surface area contributed by atoms with Crippen LogP contribution in [0.25, 0.3) is 0 Å². The van der Waals surface area contributed by atoms with Crippen LogP contribution >= 0.6 is 0 Å². The van der Waals surface area contributed by atoms with Crippen LogP contribution in [0.2, 0.25) is 0 Å². The molecule has 0 saturated carbocycles. The molecule has 0 bridgehead atoms. The number of ether oxygens (including phenoxy) is 1. The van der Waals surface area contributed by atoms with E-state index in [1.807, 2.05) is 0 Å². The van der Waals surface area contributed by atoms with Crippen molar-refractivity contribution in [2.24, 2.45) is 5.92 Å². The molecule has 0 N–H and O–H groups in total. The third-order valence-corrected chi connectivity index (χ3v) is 2.58. The van der Waals surface area contributed by atoms with E-state index in [1.165, 1.54) is 38.6 Å². The van der Waals surface area contributed by atoms with Crippen molar-refractivity contribution in [3.8, 4) is 0 Å². The lowest BCUT2D eigenvalue weighted by atomic mass is 10.1. The van der Waals surface area contributed by atoms with Gasteiger partial charge in [-0.1, -0.05) is 20.3 Å². The van der Waals surface area contributed by atoms with Gasteiger partial charge in [0.05, 0.1) is 0 Å². The minimum Gasteiger partial charge on any atom is -0.381 e. The molecule has 0 amide bonds. The average molecular weight is 215 g/mol. The number of nitrogens with zero attached hydrogens (tertiary/aromatic N) is 1. The average Bonchev–Trinajstić information content (AvgIpc) is 2.16. The van der Waals surface area contributed by atoms with Crippen LogP contribution in [-0.4, -0.2) is 38.8 Å². The fourth-order valence-corrected chi connectivity index (χ4v) is 1.67. The van der Waals surface area contributed by atoms with Crippen molar-refractivity contribution < 1.29 is 4.74 Å². The summed E-state index contributed by atoms with van der Waals surface area (Å²) in [6.07, 6.45) is 6.36. The predicted molar refractivity (Wildman–Crippen MR) is 67.3 cm³/mol. The molecule has 0 spiro atoms. The van der Waals surface area contributed by atoms with Crippen molar-refractivity contribution in [2.45, 2.75) is 46.0 Å². The molecule has 2 heteroatoms. The standard InChI is InChI=1S/C13H29NO/c1-5-9-13(2)12-15-11-8-6-7-10-14(3)4/h13H,5-12H2,1-4H3. The van der Waals surface area contributed by atoms with Crippen LogP contribution in [-0.2, 0) is 4.74 Å². The molecule has 0 rings (SSSR count). The second kappa shape index (κ2) is 10.4. The molecule has 0 radical (unpaired) electrons. The van der Waals surface area contributed by atoms with Gasteiger partial charge in [-0.2, -0.15) is 0 Å². The van der Waals surface area contributed by atoms with Crippen molar-refractivity contribution in [3.63, 3.8) is 0 Å². The maximum atomic E-state index is 5.64. The molecule has 1 atom stereocenters. The molecule has 0 aromatic carbocycles. The van der Waals surface area contributed by atoms with Gasteiger partial charge < -0.3 is 9.64 Å². The molecular weight excluding hydrogens is 186 g/mol. The van der Waals surface area contributed by atoms with Crippen molar-refractivity contribution in [3.05, 3.63) is 0 Å². The van der Waals surface area contributed by atoms with Crippen LogP contribution in [0.5, 0.6) is 0 Å². The van der Waals surface area contributed by atoms with E-state index in [2.05, 4.69) is 32.8 Å². The van der Waals surface area contributed by atoms with Gasteiger partial charge in [0.25, 0.3) is 0 Å². The molecule has 0 aliphatic heterocycles. The summed E-state index contributed by atoms with van der Waals surface area (Å²) in [5, 5.41) is 0. The Kier molecular flexibility index (Phi) is 10.4. The molecule has 0 saturated heterocycles. The van der Waals surface area contributed by atoms with E-state index in [0.717, 1.165) is 19.1 Å². The first-order chi connectivity index (χ1) is 7.16. The highest BCUT2D eigenvalue weighted by atomic mass is 16.5. The predicted octanol–water partition coefficient (Wildman–Crippen LogP) is 3.17. The van der Waals surface area contributed by atoms with Crippen LogP contribution in [0.1, 0.15) is 46.0 Å². The molecule has 0 aromatic rings. The van der Waals surface area contributed by atoms with Crippen LogP contribution < -0.4 is 0 Å². The molecule has 0 aliphatic rings. The number of hydrogen-bond donors (Lipinski definition) is 0. The van der Waals surface area contributed by atoms with Gasteiger partial charge in [-0.05, 0) is 52.2 Å². The van der Waals surface area contributed by atoms with Gasteiger partial charge in [0.2, 0.25) is 0 Å². The van der Waals surface area contributed by atoms with Gasteiger partial charge in [0, 0.05) is 13.2 Å². The lowest BCUT2D eigenvalue weighted by Gasteiger charge is -2.11. The van der Waals surface area contributed by atoms with Crippen LogP contribution in [0.3, 0.4) is 0 Å². The van der Waals surface area contributed by atoms with E-state index in [-0.39, 0.29) is 0 Å². The first-order valence-corrected chi connectivity index (χ1v) is 6.39. The van der Waals surface area contributed by atoms with Gasteiger partial charge in [-0.3, -0.25) is 0 Å². The van der Waals surface area contributed by atoms with E-state index in [0.29, 0.717) is 0 Å². The molecule has 0 aliphatic carbocycles. The van der Waals surface area contributed by atoms with E-state index in [9.17, 15) is 0 Å². The summed E-state index contributed by atoms with van der Waals surface area (Å²) >= 11 is 0. The Balaban J connectivity index is 3.04. The molecule has 92 valence electrons. The summed E-state index contributed by atoms with van der Waals surface area (Å²) in [6, 6.07) is 0. The zero-order valence-electron chi connectivity index (χ0n) is 11.1. The Bertz CT molecular complexity index is 126. The van der Waals surface area contributed by atoms with Gasteiger partial charge in [-0.25, -0.2) is 0 Å². The second-order valence-electron chi connectivity index (χ2n) is 4.83. The van der Waals surface area contributed by atoms with Gasteiger partial charge in [0.15, 0.2) is 0 Å². The van der Waals surface area contributed by atoms with Crippen molar-refractivity contribution in [1.29, 1.82) is 0 Å². The maximum absolute atomic E-state index is 5.64. The maximum Gasteiger partial charge on any atom is 0.0491 e. The van der Waals surface area contributed by atoms with E-state index in [4.69, 9.17) is 4.74 Å². The van der Waals surface area contributed by atoms with Crippen LogP contribution in [0.15, 0.2) is 0 Å². The first-order valence-electron chi connectivity index (χ1n) is 6.39. The molecule has 0 aromatic heterocycles. The summed E-state index contributed by atoms with van der Waals surface area (Å²) in [6.45, 7) is 7.60. The Morgan fingerprint density at radius 1 is 1.13 bits per heavy atom. The molecule has 1 unspecified atom stereocenters. The zero-order chi connectivity index (χ0) is 11.5. The molecule has 0 heterocycles. The molecule has 0 fully saturated rings. The Labute approximate surface area is 96.0 Å². The molecular formula is C13H29NO. The minimum absolute atomic E-state index is 0.733. The summed E-state index contributed by atoms with van der Waals surface area (Å²) in [5.41, 5.74) is 0. The summed E-state index contributed by atoms with van der Waals surface area (Å²) in [7, 11) is 4.26. The SMILES string of the molecule is CCCC(C)COCCCCCN(C)C. The quantitative estimate of drug-likeness (QED) is 0.519. The minimum atomic E-state index is 0.733.